The standard InChI is InChI=1S/C15H15FN6O/c1-10-13(8-21(2)19-10)14(23)18-15-17-9-22(20-15)7-11-3-5-12(16)6-4-11/h3-6,8-9H,7H2,1-2H3,(H,18,20,23). The smallest absolute Gasteiger partial charge is 0.261 e. The Kier molecular flexibility index (Phi) is 3.88. The van der Waals surface area contributed by atoms with E-state index in [9.17, 15) is 9.18 Å². The molecule has 0 aliphatic heterocycles. The first kappa shape index (κ1) is 14.9. The Morgan fingerprint density at radius 1 is 1.26 bits per heavy atom. The summed E-state index contributed by atoms with van der Waals surface area (Å²) < 4.78 is 16.0. The van der Waals surface area contributed by atoms with E-state index in [4.69, 9.17) is 0 Å². The van der Waals surface area contributed by atoms with Gasteiger partial charge in [-0.15, -0.1) is 5.10 Å². The van der Waals surface area contributed by atoms with Gasteiger partial charge in [-0.1, -0.05) is 12.1 Å². The molecule has 2 aromatic heterocycles. The summed E-state index contributed by atoms with van der Waals surface area (Å²) in [4.78, 5) is 16.2. The molecule has 1 aromatic carbocycles. The Morgan fingerprint density at radius 2 is 2.00 bits per heavy atom. The molecule has 3 aromatic rings. The van der Waals surface area contributed by atoms with Gasteiger partial charge < -0.3 is 0 Å². The lowest BCUT2D eigenvalue weighted by molar-refractivity contribution is 0.102. The number of rotatable bonds is 4. The summed E-state index contributed by atoms with van der Waals surface area (Å²) in [6.07, 6.45) is 3.15. The van der Waals surface area contributed by atoms with Gasteiger partial charge in [-0.2, -0.15) is 5.10 Å². The van der Waals surface area contributed by atoms with E-state index >= 15 is 0 Å². The van der Waals surface area contributed by atoms with Crippen LogP contribution < -0.4 is 5.32 Å². The van der Waals surface area contributed by atoms with E-state index in [1.165, 1.54) is 18.5 Å². The summed E-state index contributed by atoms with van der Waals surface area (Å²) in [6.45, 7) is 2.20. The highest BCUT2D eigenvalue weighted by Gasteiger charge is 2.14. The van der Waals surface area contributed by atoms with Gasteiger partial charge in [0.15, 0.2) is 0 Å². The number of carbonyl (C=O) groups excluding carboxylic acids is 1. The van der Waals surface area contributed by atoms with Crippen LogP contribution in [-0.4, -0.2) is 30.5 Å². The number of carbonyl (C=O) groups is 1. The fourth-order valence-corrected chi connectivity index (χ4v) is 2.20. The summed E-state index contributed by atoms with van der Waals surface area (Å²) in [5, 5.41) is 10.9. The zero-order valence-electron chi connectivity index (χ0n) is 12.7. The molecule has 0 fully saturated rings. The van der Waals surface area contributed by atoms with Crippen molar-refractivity contribution in [2.45, 2.75) is 13.5 Å². The van der Waals surface area contributed by atoms with Gasteiger partial charge in [0.2, 0.25) is 5.95 Å². The number of benzene rings is 1. The molecule has 0 saturated carbocycles. The van der Waals surface area contributed by atoms with Gasteiger partial charge in [-0.05, 0) is 24.6 Å². The molecule has 0 spiro atoms. The maximum absolute atomic E-state index is 12.9. The minimum absolute atomic E-state index is 0.209. The van der Waals surface area contributed by atoms with Crippen LogP contribution in [0.15, 0.2) is 36.8 Å². The number of amides is 1. The topological polar surface area (TPSA) is 77.6 Å². The maximum atomic E-state index is 12.9. The lowest BCUT2D eigenvalue weighted by Gasteiger charge is -2.01. The summed E-state index contributed by atoms with van der Waals surface area (Å²) in [7, 11) is 1.75. The van der Waals surface area contributed by atoms with Crippen molar-refractivity contribution in [3.63, 3.8) is 0 Å². The van der Waals surface area contributed by atoms with E-state index in [1.807, 2.05) is 0 Å². The maximum Gasteiger partial charge on any atom is 0.261 e. The third-order valence-electron chi connectivity index (χ3n) is 3.28. The fourth-order valence-electron chi connectivity index (χ4n) is 2.20. The molecule has 0 aliphatic carbocycles. The monoisotopic (exact) mass is 314 g/mol. The summed E-state index contributed by atoms with van der Waals surface area (Å²) >= 11 is 0. The van der Waals surface area contributed by atoms with Crippen molar-refractivity contribution in [1.29, 1.82) is 0 Å². The quantitative estimate of drug-likeness (QED) is 0.796. The van der Waals surface area contributed by atoms with Crippen LogP contribution in [0.4, 0.5) is 10.3 Å². The number of aromatic nitrogens is 5. The van der Waals surface area contributed by atoms with Crippen LogP contribution in [0.1, 0.15) is 21.6 Å². The second-order valence-corrected chi connectivity index (χ2v) is 5.15. The van der Waals surface area contributed by atoms with E-state index < -0.39 is 0 Å². The van der Waals surface area contributed by atoms with Gasteiger partial charge in [0.1, 0.15) is 12.1 Å². The van der Waals surface area contributed by atoms with Crippen LogP contribution in [-0.2, 0) is 13.6 Å². The minimum Gasteiger partial charge on any atom is -0.289 e. The van der Waals surface area contributed by atoms with Crippen molar-refractivity contribution in [3.8, 4) is 0 Å². The number of anilines is 1. The molecular formula is C15H15FN6O. The second kappa shape index (κ2) is 5.99. The van der Waals surface area contributed by atoms with Gasteiger partial charge in [0.05, 0.1) is 17.8 Å². The van der Waals surface area contributed by atoms with E-state index in [0.29, 0.717) is 17.8 Å². The SMILES string of the molecule is Cc1nn(C)cc1C(=O)Nc1ncn(Cc2ccc(F)cc2)n1. The van der Waals surface area contributed by atoms with E-state index in [1.54, 1.807) is 41.7 Å². The number of aryl methyl sites for hydroxylation is 2. The van der Waals surface area contributed by atoms with Gasteiger partial charge in [-0.25, -0.2) is 14.1 Å². The molecule has 0 atom stereocenters. The third kappa shape index (κ3) is 3.42. The summed E-state index contributed by atoms with van der Waals surface area (Å²) in [5.74, 6) is -0.386. The van der Waals surface area contributed by atoms with Crippen LogP contribution in [0.3, 0.4) is 0 Å². The Labute approximate surface area is 131 Å². The molecule has 8 heteroatoms. The predicted octanol–water partition coefficient (Wildman–Crippen LogP) is 1.76. The van der Waals surface area contributed by atoms with Crippen LogP contribution in [0.5, 0.6) is 0 Å². The first-order chi connectivity index (χ1) is 11.0. The molecule has 0 unspecified atom stereocenters. The zero-order valence-corrected chi connectivity index (χ0v) is 12.7. The predicted molar refractivity (Wildman–Crippen MR) is 81.4 cm³/mol. The first-order valence-electron chi connectivity index (χ1n) is 6.97. The molecule has 1 amide bonds. The van der Waals surface area contributed by atoms with Crippen molar-refractivity contribution in [1.82, 2.24) is 24.5 Å². The molecule has 2 heterocycles. The van der Waals surface area contributed by atoms with Crippen molar-refractivity contribution in [3.05, 3.63) is 59.4 Å². The molecule has 0 aliphatic rings. The highest BCUT2D eigenvalue weighted by molar-refractivity contribution is 6.03. The average molecular weight is 314 g/mol. The summed E-state index contributed by atoms with van der Waals surface area (Å²) in [5.41, 5.74) is 2.00. The molecule has 0 saturated heterocycles. The normalized spacial score (nSPS) is 10.7. The molecule has 0 bridgehead atoms. The largest absolute Gasteiger partial charge is 0.289 e. The lowest BCUT2D eigenvalue weighted by atomic mass is 10.2. The van der Waals surface area contributed by atoms with Gasteiger partial charge in [0, 0.05) is 13.2 Å². The highest BCUT2D eigenvalue weighted by atomic mass is 19.1. The fraction of sp³-hybridized carbons (Fsp3) is 0.200. The lowest BCUT2D eigenvalue weighted by Crippen LogP contribution is -2.14. The molecule has 0 radical (unpaired) electrons. The first-order valence-corrected chi connectivity index (χ1v) is 6.97. The Morgan fingerprint density at radius 3 is 2.65 bits per heavy atom. The number of halogens is 1. The number of hydrogen-bond acceptors (Lipinski definition) is 4. The van der Waals surface area contributed by atoms with Gasteiger partial charge in [-0.3, -0.25) is 14.8 Å². The van der Waals surface area contributed by atoms with Gasteiger partial charge >= 0.3 is 0 Å². The average Bonchev–Trinajstić information content (AvgIpc) is 3.07. The minimum atomic E-state index is -0.310. The zero-order chi connectivity index (χ0) is 16.4. The second-order valence-electron chi connectivity index (χ2n) is 5.15. The van der Waals surface area contributed by atoms with E-state index in [-0.39, 0.29) is 17.7 Å². The highest BCUT2D eigenvalue weighted by Crippen LogP contribution is 2.09. The Hall–Kier alpha value is -3.03. The summed E-state index contributed by atoms with van der Waals surface area (Å²) in [6, 6.07) is 6.13. The van der Waals surface area contributed by atoms with Gasteiger partial charge in [0.25, 0.3) is 5.91 Å². The van der Waals surface area contributed by atoms with Crippen LogP contribution in [0.25, 0.3) is 0 Å². The Bertz CT molecular complexity index is 836. The van der Waals surface area contributed by atoms with Crippen LogP contribution in [0.2, 0.25) is 0 Å². The van der Waals surface area contributed by atoms with Crippen molar-refractivity contribution in [2.75, 3.05) is 5.32 Å². The van der Waals surface area contributed by atoms with Crippen molar-refractivity contribution >= 4 is 11.9 Å². The van der Waals surface area contributed by atoms with E-state index in [2.05, 4.69) is 20.5 Å². The molecule has 118 valence electrons. The number of nitrogens with one attached hydrogen (secondary N) is 1. The molecule has 7 nitrogen and oxygen atoms in total. The Balaban J connectivity index is 1.68. The van der Waals surface area contributed by atoms with Crippen molar-refractivity contribution < 1.29 is 9.18 Å². The van der Waals surface area contributed by atoms with Crippen LogP contribution >= 0.6 is 0 Å². The molecule has 3 rings (SSSR count). The number of nitrogens with zero attached hydrogens (tertiary/aromatic N) is 5. The molecular weight excluding hydrogens is 299 g/mol. The third-order valence-corrected chi connectivity index (χ3v) is 3.28. The van der Waals surface area contributed by atoms with E-state index in [0.717, 1.165) is 5.56 Å². The number of hydrogen-bond donors (Lipinski definition) is 1. The molecule has 23 heavy (non-hydrogen) atoms. The van der Waals surface area contributed by atoms with Crippen molar-refractivity contribution in [2.24, 2.45) is 7.05 Å². The molecule has 1 N–H and O–H groups in total. The van der Waals surface area contributed by atoms with Crippen LogP contribution in [0, 0.1) is 12.7 Å².